The SMILES string of the molecule is Cc1cc(/C=C2\NC(=O)N(c3cccc(C(F)(F)F)c3)C2=O)c(C)n1-c1cccc(-c2nn[nH]n2)c1. The molecular weight excluding hydrogens is 475 g/mol. The van der Waals surface area contributed by atoms with Gasteiger partial charge in [0, 0.05) is 22.6 Å². The quantitative estimate of drug-likeness (QED) is 0.324. The van der Waals surface area contributed by atoms with Crippen molar-refractivity contribution in [3.63, 3.8) is 0 Å². The molecule has 4 aromatic rings. The second kappa shape index (κ2) is 8.48. The smallest absolute Gasteiger partial charge is 0.318 e. The van der Waals surface area contributed by atoms with Crippen molar-refractivity contribution in [3.8, 4) is 17.1 Å². The van der Waals surface area contributed by atoms with Crippen molar-refractivity contribution in [1.29, 1.82) is 0 Å². The summed E-state index contributed by atoms with van der Waals surface area (Å²) >= 11 is 0. The zero-order chi connectivity index (χ0) is 25.6. The monoisotopic (exact) mass is 493 g/mol. The van der Waals surface area contributed by atoms with Gasteiger partial charge < -0.3 is 9.88 Å². The van der Waals surface area contributed by atoms with E-state index in [0.29, 0.717) is 16.3 Å². The fourth-order valence-electron chi connectivity index (χ4n) is 4.15. The molecule has 0 saturated carbocycles. The van der Waals surface area contributed by atoms with Crippen LogP contribution in [-0.4, -0.2) is 37.1 Å². The summed E-state index contributed by atoms with van der Waals surface area (Å²) in [4.78, 5) is 26.2. The number of aryl methyl sites for hydroxylation is 1. The van der Waals surface area contributed by atoms with E-state index >= 15 is 0 Å². The van der Waals surface area contributed by atoms with E-state index in [1.54, 1.807) is 0 Å². The van der Waals surface area contributed by atoms with Crippen LogP contribution in [0.3, 0.4) is 0 Å². The first-order valence-electron chi connectivity index (χ1n) is 10.7. The molecule has 2 N–H and O–H groups in total. The predicted octanol–water partition coefficient (Wildman–Crippen LogP) is 4.39. The summed E-state index contributed by atoms with van der Waals surface area (Å²) in [7, 11) is 0. The molecule has 2 aromatic heterocycles. The molecule has 3 amide bonds. The lowest BCUT2D eigenvalue weighted by atomic mass is 10.1. The summed E-state index contributed by atoms with van der Waals surface area (Å²) in [6, 6.07) is 12.6. The van der Waals surface area contributed by atoms with Gasteiger partial charge in [-0.2, -0.15) is 18.4 Å². The van der Waals surface area contributed by atoms with Crippen LogP contribution in [0.25, 0.3) is 23.2 Å². The van der Waals surface area contributed by atoms with Crippen LogP contribution in [0.15, 0.2) is 60.3 Å². The number of urea groups is 1. The largest absolute Gasteiger partial charge is 0.416 e. The number of alkyl halides is 3. The summed E-state index contributed by atoms with van der Waals surface area (Å²) < 4.78 is 41.3. The van der Waals surface area contributed by atoms with Crippen LogP contribution in [0.2, 0.25) is 0 Å². The Balaban J connectivity index is 1.48. The van der Waals surface area contributed by atoms with Crippen LogP contribution in [0.1, 0.15) is 22.5 Å². The number of hydrogen-bond acceptors (Lipinski definition) is 5. The number of nitrogens with zero attached hydrogens (tertiary/aromatic N) is 5. The Morgan fingerprint density at radius 1 is 0.972 bits per heavy atom. The highest BCUT2D eigenvalue weighted by molar-refractivity contribution is 6.28. The molecule has 9 nitrogen and oxygen atoms in total. The summed E-state index contributed by atoms with van der Waals surface area (Å²) in [5.41, 5.74) is 2.71. The Morgan fingerprint density at radius 3 is 2.44 bits per heavy atom. The summed E-state index contributed by atoms with van der Waals surface area (Å²) in [5, 5.41) is 16.4. The van der Waals surface area contributed by atoms with Crippen LogP contribution in [0.5, 0.6) is 0 Å². The molecule has 1 aliphatic rings. The number of tetrazole rings is 1. The number of hydrogen-bond donors (Lipinski definition) is 2. The number of halogens is 3. The molecule has 182 valence electrons. The maximum Gasteiger partial charge on any atom is 0.416 e. The van der Waals surface area contributed by atoms with Crippen LogP contribution in [0, 0.1) is 13.8 Å². The van der Waals surface area contributed by atoms with Gasteiger partial charge in [-0.15, -0.1) is 10.2 Å². The van der Waals surface area contributed by atoms with E-state index in [1.807, 2.05) is 48.7 Å². The van der Waals surface area contributed by atoms with Gasteiger partial charge >= 0.3 is 12.2 Å². The van der Waals surface area contributed by atoms with Gasteiger partial charge in [0.2, 0.25) is 5.82 Å². The molecule has 0 aliphatic carbocycles. The van der Waals surface area contributed by atoms with Gasteiger partial charge in [0.1, 0.15) is 5.70 Å². The zero-order valence-electron chi connectivity index (χ0n) is 19.0. The molecule has 1 aliphatic heterocycles. The number of anilines is 1. The molecule has 0 spiro atoms. The van der Waals surface area contributed by atoms with Crippen LogP contribution >= 0.6 is 0 Å². The molecule has 2 aromatic carbocycles. The minimum Gasteiger partial charge on any atom is -0.318 e. The molecule has 1 fully saturated rings. The summed E-state index contributed by atoms with van der Waals surface area (Å²) in [6.07, 6.45) is -3.10. The molecule has 36 heavy (non-hydrogen) atoms. The molecule has 0 atom stereocenters. The van der Waals surface area contributed by atoms with Crippen molar-refractivity contribution in [3.05, 3.63) is 82.8 Å². The lowest BCUT2D eigenvalue weighted by molar-refractivity contribution is -0.137. The number of carbonyl (C=O) groups excluding carboxylic acids is 2. The van der Waals surface area contributed by atoms with E-state index in [0.717, 1.165) is 40.8 Å². The molecule has 1 saturated heterocycles. The number of amides is 3. The van der Waals surface area contributed by atoms with Gasteiger partial charge in [-0.3, -0.25) is 4.79 Å². The van der Waals surface area contributed by atoms with Crippen molar-refractivity contribution in [2.75, 3.05) is 4.90 Å². The highest BCUT2D eigenvalue weighted by Gasteiger charge is 2.37. The van der Waals surface area contributed by atoms with Gasteiger partial charge in [0.05, 0.1) is 11.3 Å². The third-order valence-electron chi connectivity index (χ3n) is 5.79. The highest BCUT2D eigenvalue weighted by Crippen LogP contribution is 2.33. The maximum atomic E-state index is 13.1. The normalized spacial score (nSPS) is 15.1. The van der Waals surface area contributed by atoms with E-state index in [4.69, 9.17) is 0 Å². The van der Waals surface area contributed by atoms with Gasteiger partial charge in [0.25, 0.3) is 5.91 Å². The number of carbonyl (C=O) groups is 2. The number of nitrogens with one attached hydrogen (secondary N) is 2. The van der Waals surface area contributed by atoms with Crippen LogP contribution in [0.4, 0.5) is 23.7 Å². The van der Waals surface area contributed by atoms with Crippen LogP contribution < -0.4 is 10.2 Å². The van der Waals surface area contributed by atoms with E-state index in [2.05, 4.69) is 25.9 Å². The molecule has 0 unspecified atom stereocenters. The minimum atomic E-state index is -4.60. The zero-order valence-corrected chi connectivity index (χ0v) is 19.0. The third-order valence-corrected chi connectivity index (χ3v) is 5.79. The number of aromatic amines is 1. The minimum absolute atomic E-state index is 0.0433. The number of benzene rings is 2. The van der Waals surface area contributed by atoms with E-state index < -0.39 is 23.7 Å². The molecule has 3 heterocycles. The molecule has 0 bridgehead atoms. The van der Waals surface area contributed by atoms with Crippen molar-refractivity contribution in [2.45, 2.75) is 20.0 Å². The topological polar surface area (TPSA) is 109 Å². The van der Waals surface area contributed by atoms with E-state index in [-0.39, 0.29) is 11.4 Å². The van der Waals surface area contributed by atoms with Gasteiger partial charge in [0.15, 0.2) is 0 Å². The summed E-state index contributed by atoms with van der Waals surface area (Å²) in [6.45, 7) is 3.74. The average molecular weight is 493 g/mol. The van der Waals surface area contributed by atoms with Crippen molar-refractivity contribution >= 4 is 23.7 Å². The van der Waals surface area contributed by atoms with E-state index in [9.17, 15) is 22.8 Å². The Labute approximate surface area is 202 Å². The van der Waals surface area contributed by atoms with Crippen molar-refractivity contribution < 1.29 is 22.8 Å². The third kappa shape index (κ3) is 4.02. The Bertz CT molecular complexity index is 1520. The highest BCUT2D eigenvalue weighted by atomic mass is 19.4. The molecule has 0 radical (unpaired) electrons. The summed E-state index contributed by atoms with van der Waals surface area (Å²) in [5.74, 6) is -0.307. The van der Waals surface area contributed by atoms with Gasteiger partial charge in [-0.05, 0) is 67.1 Å². The van der Waals surface area contributed by atoms with Gasteiger partial charge in [-0.25, -0.2) is 9.69 Å². The average Bonchev–Trinajstić information content (AvgIpc) is 3.53. The van der Waals surface area contributed by atoms with Crippen molar-refractivity contribution in [2.24, 2.45) is 0 Å². The van der Waals surface area contributed by atoms with Crippen molar-refractivity contribution in [1.82, 2.24) is 30.5 Å². The Hall–Kier alpha value is -4.74. The lowest BCUT2D eigenvalue weighted by Gasteiger charge is -2.14. The fraction of sp³-hybridized carbons (Fsp3) is 0.125. The number of imide groups is 1. The maximum absolute atomic E-state index is 13.1. The first-order chi connectivity index (χ1) is 17.1. The fourth-order valence-corrected chi connectivity index (χ4v) is 4.15. The number of aromatic nitrogens is 5. The number of rotatable bonds is 4. The second-order valence-corrected chi connectivity index (χ2v) is 8.12. The molecule has 12 heteroatoms. The van der Waals surface area contributed by atoms with E-state index in [1.165, 1.54) is 12.1 Å². The lowest BCUT2D eigenvalue weighted by Crippen LogP contribution is -2.30. The first-order valence-corrected chi connectivity index (χ1v) is 10.7. The van der Waals surface area contributed by atoms with Gasteiger partial charge in [-0.1, -0.05) is 18.2 Å². The van der Waals surface area contributed by atoms with Crippen LogP contribution in [-0.2, 0) is 11.0 Å². The standard InChI is InChI=1S/C24H18F3N7O2/c1-13-9-16(14(2)33(13)18-7-3-5-15(10-18)21-29-31-32-30-21)11-20-22(35)34(23(36)28-20)19-8-4-6-17(12-19)24(25,26)27/h3-12H,1-2H3,(H,28,36)(H,29,30,31,32)/b20-11-. The second-order valence-electron chi connectivity index (χ2n) is 8.12. The Morgan fingerprint density at radius 2 is 1.72 bits per heavy atom. The molecular formula is C24H18F3N7O2. The Kier molecular flexibility index (Phi) is 5.43. The number of H-pyrrole nitrogens is 1. The first kappa shape index (κ1) is 23.0. The molecule has 5 rings (SSSR count). The predicted molar refractivity (Wildman–Crippen MR) is 124 cm³/mol.